The number of H-pyrrole nitrogens is 1. The third kappa shape index (κ3) is 2.87. The number of aromatic amines is 1. The van der Waals surface area contributed by atoms with Crippen molar-refractivity contribution in [3.63, 3.8) is 0 Å². The van der Waals surface area contributed by atoms with Crippen molar-refractivity contribution in [3.8, 4) is 0 Å². The average molecular weight is 356 g/mol. The van der Waals surface area contributed by atoms with Gasteiger partial charge in [0.05, 0.1) is 5.69 Å². The molecule has 2 aromatic rings. The van der Waals surface area contributed by atoms with Crippen LogP contribution in [-0.2, 0) is 4.79 Å². The molecule has 0 bridgehead atoms. The molecular weight excluding hydrogens is 332 g/mol. The molecule has 3 heterocycles. The lowest BCUT2D eigenvalue weighted by atomic mass is 9.93. The highest BCUT2D eigenvalue weighted by Gasteiger charge is 2.46. The number of nitrogens with zero attached hydrogens (tertiary/aromatic N) is 4. The molecule has 1 spiro atoms. The van der Waals surface area contributed by atoms with Crippen molar-refractivity contribution in [2.45, 2.75) is 56.9 Å². The molecule has 2 aromatic heterocycles. The summed E-state index contributed by atoms with van der Waals surface area (Å²) in [5.74, 6) is 1.30. The predicted molar refractivity (Wildman–Crippen MR) is 93.6 cm³/mol. The van der Waals surface area contributed by atoms with Gasteiger partial charge in [0, 0.05) is 31.1 Å². The minimum atomic E-state index is -0.363. The third-order valence-electron chi connectivity index (χ3n) is 6.25. The van der Waals surface area contributed by atoms with Crippen molar-refractivity contribution < 1.29 is 9.21 Å². The van der Waals surface area contributed by atoms with Crippen LogP contribution in [0.4, 0.5) is 6.01 Å². The molecule has 3 atom stereocenters. The first-order valence-electron chi connectivity index (χ1n) is 9.52. The molecule has 8 nitrogen and oxygen atoms in total. The molecule has 2 aliphatic carbocycles. The lowest BCUT2D eigenvalue weighted by molar-refractivity contribution is -0.133. The molecule has 8 heteroatoms. The lowest BCUT2D eigenvalue weighted by Crippen LogP contribution is -2.45. The average Bonchev–Trinajstić information content (AvgIpc) is 3.48. The summed E-state index contributed by atoms with van der Waals surface area (Å²) < 4.78 is 5.75. The van der Waals surface area contributed by atoms with Gasteiger partial charge in [-0.25, -0.2) is 0 Å². The third-order valence-corrected chi connectivity index (χ3v) is 6.25. The number of amides is 1. The van der Waals surface area contributed by atoms with Crippen molar-refractivity contribution in [2.75, 3.05) is 18.4 Å². The zero-order valence-electron chi connectivity index (χ0n) is 14.9. The zero-order chi connectivity index (χ0) is 17.7. The van der Waals surface area contributed by atoms with Crippen LogP contribution in [0.25, 0.3) is 0 Å². The van der Waals surface area contributed by atoms with E-state index in [0.29, 0.717) is 23.2 Å². The fraction of sp³-hybridized carbons (Fsp3) is 0.667. The van der Waals surface area contributed by atoms with Crippen LogP contribution in [0.3, 0.4) is 0 Å². The molecule has 1 saturated heterocycles. The number of carbonyl (C=O) groups is 1. The number of nitrogens with one attached hydrogen (secondary N) is 2. The van der Waals surface area contributed by atoms with E-state index in [1.54, 1.807) is 0 Å². The molecule has 2 saturated carbocycles. The summed E-state index contributed by atoms with van der Waals surface area (Å²) in [7, 11) is 0. The van der Waals surface area contributed by atoms with Crippen LogP contribution in [0.1, 0.15) is 62.4 Å². The van der Waals surface area contributed by atoms with Gasteiger partial charge in [0.25, 0.3) is 0 Å². The number of hydrogen-bond donors (Lipinski definition) is 2. The SMILES string of the molecule is C[C@H](Nc1nnc([C@H]2C[C@@H]2c2cc[nH]n2)o1)C(=O)N1CCC2(CC1)CC2. The number of rotatable bonds is 5. The largest absolute Gasteiger partial charge is 0.408 e. The van der Waals surface area contributed by atoms with Gasteiger partial charge in [-0.1, -0.05) is 5.10 Å². The molecule has 3 aliphatic rings. The van der Waals surface area contributed by atoms with Crippen molar-refractivity contribution in [1.29, 1.82) is 0 Å². The highest BCUT2D eigenvalue weighted by atomic mass is 16.4. The number of piperidine rings is 1. The van der Waals surface area contributed by atoms with Crippen molar-refractivity contribution in [3.05, 3.63) is 23.8 Å². The number of anilines is 1. The zero-order valence-corrected chi connectivity index (χ0v) is 14.9. The number of hydrogen-bond acceptors (Lipinski definition) is 6. The maximum absolute atomic E-state index is 12.7. The Morgan fingerprint density at radius 1 is 1.31 bits per heavy atom. The van der Waals surface area contributed by atoms with Gasteiger partial charge < -0.3 is 14.6 Å². The lowest BCUT2D eigenvalue weighted by Gasteiger charge is -2.33. The fourth-order valence-corrected chi connectivity index (χ4v) is 4.11. The molecule has 26 heavy (non-hydrogen) atoms. The van der Waals surface area contributed by atoms with Gasteiger partial charge in [0.1, 0.15) is 6.04 Å². The summed E-state index contributed by atoms with van der Waals surface area (Å²) in [6, 6.07) is 1.94. The molecular formula is C18H24N6O2. The Balaban J connectivity index is 1.16. The van der Waals surface area contributed by atoms with Crippen LogP contribution in [0.2, 0.25) is 0 Å². The second-order valence-corrected chi connectivity index (χ2v) is 8.08. The highest BCUT2D eigenvalue weighted by molar-refractivity contribution is 5.83. The Kier molecular flexibility index (Phi) is 3.55. The minimum absolute atomic E-state index is 0.112. The van der Waals surface area contributed by atoms with E-state index in [0.717, 1.165) is 38.0 Å². The Hall–Kier alpha value is -2.38. The standard InChI is InChI=1S/C18H24N6O2/c1-11(16(25)24-8-5-18(3-4-18)6-9-24)20-17-23-22-15(26-17)13-10-12(13)14-2-7-19-21-14/h2,7,11-13H,3-6,8-10H2,1H3,(H,19,21)(H,20,23)/t11-,12-,13-/m0/s1. The van der Waals surface area contributed by atoms with Gasteiger partial charge in [-0.2, -0.15) is 5.10 Å². The summed E-state index contributed by atoms with van der Waals surface area (Å²) in [6.07, 6.45) is 7.77. The molecule has 1 aliphatic heterocycles. The summed E-state index contributed by atoms with van der Waals surface area (Å²) in [5.41, 5.74) is 1.61. The minimum Gasteiger partial charge on any atom is -0.408 e. The molecule has 3 fully saturated rings. The molecule has 0 aromatic carbocycles. The first kappa shape index (κ1) is 15.8. The van der Waals surface area contributed by atoms with Gasteiger partial charge in [0.2, 0.25) is 11.8 Å². The maximum Gasteiger partial charge on any atom is 0.316 e. The Bertz CT molecular complexity index is 786. The van der Waals surface area contributed by atoms with Gasteiger partial charge in [-0.05, 0) is 50.5 Å². The quantitative estimate of drug-likeness (QED) is 0.852. The van der Waals surface area contributed by atoms with Crippen LogP contribution in [0.5, 0.6) is 0 Å². The monoisotopic (exact) mass is 356 g/mol. The van der Waals surface area contributed by atoms with E-state index in [1.807, 2.05) is 24.1 Å². The number of likely N-dealkylation sites (tertiary alicyclic amines) is 1. The summed E-state index contributed by atoms with van der Waals surface area (Å²) in [4.78, 5) is 14.6. The molecule has 2 N–H and O–H groups in total. The second kappa shape index (κ2) is 5.82. The first-order chi connectivity index (χ1) is 12.6. The Morgan fingerprint density at radius 2 is 2.12 bits per heavy atom. The van der Waals surface area contributed by atoms with E-state index in [9.17, 15) is 4.79 Å². The fourth-order valence-electron chi connectivity index (χ4n) is 4.11. The van der Waals surface area contributed by atoms with Crippen LogP contribution in [-0.4, -0.2) is 50.3 Å². The maximum atomic E-state index is 12.7. The number of carbonyl (C=O) groups excluding carboxylic acids is 1. The van der Waals surface area contributed by atoms with E-state index in [-0.39, 0.29) is 17.9 Å². The Labute approximate surface area is 151 Å². The summed E-state index contributed by atoms with van der Waals surface area (Å²) in [5, 5.41) is 18.3. The van der Waals surface area contributed by atoms with Gasteiger partial charge >= 0.3 is 6.01 Å². The van der Waals surface area contributed by atoms with E-state index < -0.39 is 0 Å². The van der Waals surface area contributed by atoms with Gasteiger partial charge in [0.15, 0.2) is 0 Å². The van der Waals surface area contributed by atoms with E-state index in [4.69, 9.17) is 4.42 Å². The van der Waals surface area contributed by atoms with E-state index in [2.05, 4.69) is 25.7 Å². The van der Waals surface area contributed by atoms with Crippen molar-refractivity contribution in [2.24, 2.45) is 5.41 Å². The smallest absolute Gasteiger partial charge is 0.316 e. The molecule has 0 radical (unpaired) electrons. The van der Waals surface area contributed by atoms with Crippen molar-refractivity contribution >= 4 is 11.9 Å². The van der Waals surface area contributed by atoms with Crippen LogP contribution in [0, 0.1) is 5.41 Å². The highest BCUT2D eigenvalue weighted by Crippen LogP contribution is 2.54. The number of aromatic nitrogens is 4. The van der Waals surface area contributed by atoms with Gasteiger partial charge in [-0.15, -0.1) is 5.10 Å². The van der Waals surface area contributed by atoms with Crippen molar-refractivity contribution in [1.82, 2.24) is 25.3 Å². The molecule has 5 rings (SSSR count). The predicted octanol–water partition coefficient (Wildman–Crippen LogP) is 2.27. The Morgan fingerprint density at radius 3 is 2.81 bits per heavy atom. The van der Waals surface area contributed by atoms with Crippen LogP contribution >= 0.6 is 0 Å². The second-order valence-electron chi connectivity index (χ2n) is 8.08. The molecule has 1 amide bonds. The van der Waals surface area contributed by atoms with E-state index in [1.165, 1.54) is 12.8 Å². The first-order valence-corrected chi connectivity index (χ1v) is 9.52. The van der Waals surface area contributed by atoms with Gasteiger partial charge in [-0.3, -0.25) is 9.89 Å². The van der Waals surface area contributed by atoms with E-state index >= 15 is 0 Å². The summed E-state index contributed by atoms with van der Waals surface area (Å²) in [6.45, 7) is 3.60. The topological polar surface area (TPSA) is 99.9 Å². The summed E-state index contributed by atoms with van der Waals surface area (Å²) >= 11 is 0. The molecule has 138 valence electrons. The molecule has 0 unspecified atom stereocenters. The van der Waals surface area contributed by atoms with Crippen LogP contribution in [0.15, 0.2) is 16.7 Å². The van der Waals surface area contributed by atoms with Crippen LogP contribution < -0.4 is 5.32 Å². The normalized spacial score (nSPS) is 27.3.